The number of fused-ring (bicyclic) bond motifs is 1. The molecule has 0 bridgehead atoms. The van der Waals surface area contributed by atoms with E-state index in [-0.39, 0.29) is 17.7 Å². The Labute approximate surface area is 182 Å². The van der Waals surface area contributed by atoms with Gasteiger partial charge < -0.3 is 9.64 Å². The molecule has 3 heterocycles. The molecule has 0 amide bonds. The van der Waals surface area contributed by atoms with Gasteiger partial charge in [-0.1, -0.05) is 31.8 Å². The lowest BCUT2D eigenvalue weighted by Gasteiger charge is -2.17. The molecule has 3 aromatic rings. The molecule has 0 N–H and O–H groups in total. The van der Waals surface area contributed by atoms with Crippen molar-refractivity contribution < 1.29 is 9.13 Å². The number of ether oxygens (including phenoxy) is 1. The molecule has 0 aliphatic carbocycles. The molecule has 1 saturated heterocycles. The third-order valence-corrected chi connectivity index (χ3v) is 7.47. The smallest absolute Gasteiger partial charge is 0.207 e. The van der Waals surface area contributed by atoms with Crippen LogP contribution in [0.5, 0.6) is 0 Å². The Morgan fingerprint density at radius 3 is 2.47 bits per heavy atom. The fourth-order valence-corrected chi connectivity index (χ4v) is 4.64. The molecule has 2 aromatic heterocycles. The van der Waals surface area contributed by atoms with Crippen molar-refractivity contribution in [1.29, 1.82) is 0 Å². The summed E-state index contributed by atoms with van der Waals surface area (Å²) in [5, 5.41) is 0.256. The van der Waals surface area contributed by atoms with Gasteiger partial charge in [0.15, 0.2) is 11.5 Å². The zero-order valence-corrected chi connectivity index (χ0v) is 19.5. The quantitative estimate of drug-likeness (QED) is 0.339. The van der Waals surface area contributed by atoms with Crippen LogP contribution in [0.25, 0.3) is 22.4 Å². The third kappa shape index (κ3) is 4.68. The molecule has 0 saturated carbocycles. The average Bonchev–Trinajstić information content (AvgIpc) is 3.32. The Balaban J connectivity index is 1.55. The maximum absolute atomic E-state index is 14.9. The van der Waals surface area contributed by atoms with Gasteiger partial charge in [-0.25, -0.2) is 9.37 Å². The van der Waals surface area contributed by atoms with Crippen molar-refractivity contribution >= 4 is 36.5 Å². The van der Waals surface area contributed by atoms with E-state index in [9.17, 15) is 4.39 Å². The Bertz CT molecular complexity index is 1030. The molecular formula is C22H28ClFN4OSi. The van der Waals surface area contributed by atoms with Crippen LogP contribution in [0.15, 0.2) is 30.3 Å². The van der Waals surface area contributed by atoms with Crippen LogP contribution < -0.4 is 4.90 Å². The standard InChI is InChI=1S/C22H28ClFN4OSi/c1-30(2,3)13-12-29-15-28-19-14-18(24)20(25-21(19)26-22(28)23)16-6-8-17(9-7-16)27-10-4-5-11-27/h6-9,14H,4-5,10-13,15H2,1-3H3. The second-order valence-corrected chi connectivity index (χ2v) is 15.0. The minimum atomic E-state index is -1.17. The van der Waals surface area contributed by atoms with E-state index in [0.29, 0.717) is 17.8 Å². The van der Waals surface area contributed by atoms with Gasteiger partial charge in [-0.15, -0.1) is 0 Å². The summed E-state index contributed by atoms with van der Waals surface area (Å²) in [6, 6.07) is 10.4. The van der Waals surface area contributed by atoms with E-state index in [4.69, 9.17) is 16.3 Å². The maximum atomic E-state index is 14.9. The van der Waals surface area contributed by atoms with Gasteiger partial charge in [-0.2, -0.15) is 4.98 Å². The molecule has 8 heteroatoms. The van der Waals surface area contributed by atoms with Gasteiger partial charge in [-0.05, 0) is 42.6 Å². The lowest BCUT2D eigenvalue weighted by atomic mass is 10.1. The van der Waals surface area contributed by atoms with Gasteiger partial charge in [0.25, 0.3) is 0 Å². The molecule has 0 unspecified atom stereocenters. The summed E-state index contributed by atoms with van der Waals surface area (Å²) >= 11 is 6.29. The fraction of sp³-hybridized carbons (Fsp3) is 0.455. The van der Waals surface area contributed by atoms with Crippen molar-refractivity contribution in [2.24, 2.45) is 0 Å². The predicted octanol–water partition coefficient (Wildman–Crippen LogP) is 5.80. The molecule has 0 spiro atoms. The molecule has 1 aliphatic rings. The number of hydrogen-bond donors (Lipinski definition) is 0. The summed E-state index contributed by atoms with van der Waals surface area (Å²) in [5.74, 6) is -0.392. The van der Waals surface area contributed by atoms with Crippen molar-refractivity contribution in [2.75, 3.05) is 24.6 Å². The summed E-state index contributed by atoms with van der Waals surface area (Å²) in [7, 11) is -1.17. The Hall–Kier alpha value is -1.96. The largest absolute Gasteiger partial charge is 0.372 e. The number of nitrogens with zero attached hydrogens (tertiary/aromatic N) is 4. The second kappa shape index (κ2) is 8.65. The van der Waals surface area contributed by atoms with Crippen molar-refractivity contribution in [3.8, 4) is 11.3 Å². The Kier molecular flexibility index (Phi) is 6.13. The minimum absolute atomic E-state index is 0.241. The molecule has 0 radical (unpaired) electrons. The zero-order chi connectivity index (χ0) is 21.3. The van der Waals surface area contributed by atoms with Crippen molar-refractivity contribution in [3.05, 3.63) is 41.4 Å². The predicted molar refractivity (Wildman–Crippen MR) is 123 cm³/mol. The van der Waals surface area contributed by atoms with Crippen molar-refractivity contribution in [3.63, 3.8) is 0 Å². The summed E-state index contributed by atoms with van der Waals surface area (Å²) in [5.41, 5.74) is 3.16. The van der Waals surface area contributed by atoms with E-state index in [1.165, 1.54) is 24.6 Å². The van der Waals surface area contributed by atoms with Gasteiger partial charge in [0.05, 0.1) is 5.52 Å². The van der Waals surface area contributed by atoms with Crippen LogP contribution in [0.2, 0.25) is 31.0 Å². The Morgan fingerprint density at radius 2 is 1.80 bits per heavy atom. The first-order chi connectivity index (χ1) is 14.3. The Morgan fingerprint density at radius 1 is 1.10 bits per heavy atom. The SMILES string of the molecule is C[Si](C)(C)CCOCn1c(Cl)nc2nc(-c3ccc(N4CCCC4)cc3)c(F)cc21. The summed E-state index contributed by atoms with van der Waals surface area (Å²) in [6.07, 6.45) is 2.44. The average molecular weight is 447 g/mol. The van der Waals surface area contributed by atoms with Crippen LogP contribution in [0.3, 0.4) is 0 Å². The van der Waals surface area contributed by atoms with E-state index in [0.717, 1.165) is 24.7 Å². The van der Waals surface area contributed by atoms with Gasteiger partial charge in [0, 0.05) is 45.1 Å². The van der Waals surface area contributed by atoms with E-state index in [2.05, 4.69) is 34.5 Å². The normalized spacial score (nSPS) is 14.8. The maximum Gasteiger partial charge on any atom is 0.207 e. The van der Waals surface area contributed by atoms with Crippen LogP contribution >= 0.6 is 11.6 Å². The molecule has 30 heavy (non-hydrogen) atoms. The topological polar surface area (TPSA) is 43.2 Å². The summed E-state index contributed by atoms with van der Waals surface area (Å²) < 4.78 is 22.4. The highest BCUT2D eigenvalue weighted by Crippen LogP contribution is 2.29. The lowest BCUT2D eigenvalue weighted by molar-refractivity contribution is 0.0900. The molecular weight excluding hydrogens is 419 g/mol. The van der Waals surface area contributed by atoms with Gasteiger partial charge in [-0.3, -0.25) is 4.57 Å². The number of halogens is 2. The first-order valence-corrected chi connectivity index (χ1v) is 14.6. The number of pyridine rings is 1. The van der Waals surface area contributed by atoms with Gasteiger partial charge in [0.1, 0.15) is 12.4 Å². The molecule has 1 aromatic carbocycles. The number of aromatic nitrogens is 3. The molecule has 5 nitrogen and oxygen atoms in total. The van der Waals surface area contributed by atoms with E-state index < -0.39 is 13.9 Å². The third-order valence-electron chi connectivity index (χ3n) is 5.48. The van der Waals surface area contributed by atoms with Crippen LogP contribution in [0.1, 0.15) is 12.8 Å². The van der Waals surface area contributed by atoms with E-state index >= 15 is 0 Å². The molecule has 0 atom stereocenters. The highest BCUT2D eigenvalue weighted by atomic mass is 35.5. The van der Waals surface area contributed by atoms with Crippen LogP contribution in [0, 0.1) is 5.82 Å². The number of benzene rings is 1. The van der Waals surface area contributed by atoms with Crippen molar-refractivity contribution in [1.82, 2.24) is 14.5 Å². The fourth-order valence-electron chi connectivity index (χ4n) is 3.66. The van der Waals surface area contributed by atoms with Crippen LogP contribution in [-0.4, -0.2) is 42.3 Å². The van der Waals surface area contributed by atoms with E-state index in [1.54, 1.807) is 4.57 Å². The number of imidazole rings is 1. The van der Waals surface area contributed by atoms with Crippen LogP contribution in [0.4, 0.5) is 10.1 Å². The summed E-state index contributed by atoms with van der Waals surface area (Å²) in [4.78, 5) is 11.1. The molecule has 4 rings (SSSR count). The minimum Gasteiger partial charge on any atom is -0.372 e. The first kappa shape index (κ1) is 21.3. The molecule has 1 fully saturated rings. The van der Waals surface area contributed by atoms with Gasteiger partial charge in [0.2, 0.25) is 5.28 Å². The van der Waals surface area contributed by atoms with E-state index in [1.807, 2.05) is 24.3 Å². The van der Waals surface area contributed by atoms with Crippen molar-refractivity contribution in [2.45, 2.75) is 45.3 Å². The number of hydrogen-bond acceptors (Lipinski definition) is 4. The van der Waals surface area contributed by atoms with Crippen LogP contribution in [-0.2, 0) is 11.5 Å². The highest BCUT2D eigenvalue weighted by molar-refractivity contribution is 6.76. The lowest BCUT2D eigenvalue weighted by Crippen LogP contribution is -2.22. The summed E-state index contributed by atoms with van der Waals surface area (Å²) in [6.45, 7) is 9.95. The van der Waals surface area contributed by atoms with Gasteiger partial charge >= 0.3 is 0 Å². The molecule has 1 aliphatic heterocycles. The zero-order valence-electron chi connectivity index (χ0n) is 17.8. The highest BCUT2D eigenvalue weighted by Gasteiger charge is 2.18. The number of anilines is 1. The first-order valence-electron chi connectivity index (χ1n) is 10.5. The second-order valence-electron chi connectivity index (χ2n) is 9.06. The monoisotopic (exact) mass is 446 g/mol. The number of rotatable bonds is 7. The molecule has 160 valence electrons.